The van der Waals surface area contributed by atoms with Crippen LogP contribution in [0.4, 0.5) is 0 Å². The number of hydrogen-bond acceptors (Lipinski definition) is 6. The fourth-order valence-electron chi connectivity index (χ4n) is 3.92. The van der Waals surface area contributed by atoms with Gasteiger partial charge in [-0.2, -0.15) is 0 Å². The summed E-state index contributed by atoms with van der Waals surface area (Å²) in [5.74, 6) is 0.364. The van der Waals surface area contributed by atoms with Crippen molar-refractivity contribution in [3.63, 3.8) is 0 Å². The van der Waals surface area contributed by atoms with Crippen LogP contribution in [0.25, 0.3) is 21.7 Å². The van der Waals surface area contributed by atoms with E-state index in [1.807, 2.05) is 37.3 Å². The molecule has 164 valence electrons. The smallest absolute Gasteiger partial charge is 0.344 e. The average molecular weight is 424 g/mol. The second-order valence-electron chi connectivity index (χ2n) is 7.86. The van der Waals surface area contributed by atoms with Gasteiger partial charge in [0.2, 0.25) is 0 Å². The second-order valence-corrected chi connectivity index (χ2v) is 7.86. The van der Waals surface area contributed by atoms with Crippen molar-refractivity contribution in [2.24, 2.45) is 0 Å². The minimum Gasteiger partial charge on any atom is -0.480 e. The van der Waals surface area contributed by atoms with Gasteiger partial charge in [0.15, 0.2) is 6.10 Å². The number of carbonyl (C=O) groups excluding carboxylic acids is 1. The Labute approximate surface area is 180 Å². The summed E-state index contributed by atoms with van der Waals surface area (Å²) in [7, 11) is 0. The molecule has 2 heterocycles. The van der Waals surface area contributed by atoms with Crippen LogP contribution in [0.1, 0.15) is 18.9 Å². The standard InChI is InChI=1S/C24H28N2O5/c1-16-21(9-8-19-18-6-3-4-7-20(18)24(28)31-22(16)19)30-17(2)23(27)25-10-5-11-26-12-14-29-15-13-26/h3-4,6-9,17H,5,10-15H2,1-2H3,(H,25,27)/t17-/m0/s1. The number of nitrogens with zero attached hydrogens (tertiary/aromatic N) is 1. The molecule has 2 aromatic carbocycles. The number of rotatable bonds is 7. The van der Waals surface area contributed by atoms with Crippen LogP contribution in [0, 0.1) is 6.92 Å². The number of fused-ring (bicyclic) bond motifs is 3. The van der Waals surface area contributed by atoms with E-state index in [4.69, 9.17) is 13.9 Å². The van der Waals surface area contributed by atoms with Crippen molar-refractivity contribution in [3.8, 4) is 5.75 Å². The fourth-order valence-corrected chi connectivity index (χ4v) is 3.92. The van der Waals surface area contributed by atoms with Crippen LogP contribution in [-0.2, 0) is 9.53 Å². The molecule has 7 nitrogen and oxygen atoms in total. The van der Waals surface area contributed by atoms with Crippen LogP contribution in [0.3, 0.4) is 0 Å². The largest absolute Gasteiger partial charge is 0.480 e. The summed E-state index contributed by atoms with van der Waals surface area (Å²) in [6, 6.07) is 11.1. The summed E-state index contributed by atoms with van der Waals surface area (Å²) in [4.78, 5) is 27.2. The van der Waals surface area contributed by atoms with E-state index >= 15 is 0 Å². The Morgan fingerprint density at radius 1 is 1.13 bits per heavy atom. The van der Waals surface area contributed by atoms with Crippen molar-refractivity contribution in [1.82, 2.24) is 10.2 Å². The van der Waals surface area contributed by atoms with Gasteiger partial charge in [0.25, 0.3) is 5.91 Å². The number of amides is 1. The monoisotopic (exact) mass is 424 g/mol. The molecule has 1 aliphatic rings. The van der Waals surface area contributed by atoms with E-state index in [1.54, 1.807) is 13.0 Å². The first kappa shape index (κ1) is 21.3. The number of nitrogens with one attached hydrogen (secondary N) is 1. The van der Waals surface area contributed by atoms with Crippen molar-refractivity contribution in [2.45, 2.75) is 26.4 Å². The van der Waals surface area contributed by atoms with E-state index in [9.17, 15) is 9.59 Å². The minimum atomic E-state index is -0.660. The number of benzene rings is 2. The Morgan fingerprint density at radius 2 is 1.87 bits per heavy atom. The quantitative estimate of drug-likeness (QED) is 0.357. The van der Waals surface area contributed by atoms with E-state index in [2.05, 4.69) is 10.2 Å². The molecule has 1 aliphatic heterocycles. The Kier molecular flexibility index (Phi) is 6.53. The van der Waals surface area contributed by atoms with Crippen LogP contribution < -0.4 is 15.7 Å². The highest BCUT2D eigenvalue weighted by Crippen LogP contribution is 2.31. The lowest BCUT2D eigenvalue weighted by Crippen LogP contribution is -2.40. The zero-order chi connectivity index (χ0) is 21.8. The van der Waals surface area contributed by atoms with Gasteiger partial charge in [-0.1, -0.05) is 18.2 Å². The highest BCUT2D eigenvalue weighted by atomic mass is 16.5. The molecular weight excluding hydrogens is 396 g/mol. The SMILES string of the molecule is Cc1c(O[C@@H](C)C(=O)NCCCN2CCOCC2)ccc2c1oc(=O)c1ccccc12. The molecular formula is C24H28N2O5. The molecule has 7 heteroatoms. The molecule has 0 spiro atoms. The van der Waals surface area contributed by atoms with Gasteiger partial charge in [-0.05, 0) is 50.4 Å². The number of hydrogen-bond donors (Lipinski definition) is 1. The molecule has 1 aromatic heterocycles. The lowest BCUT2D eigenvalue weighted by molar-refractivity contribution is -0.127. The zero-order valence-corrected chi connectivity index (χ0v) is 18.0. The summed E-state index contributed by atoms with van der Waals surface area (Å²) in [6.45, 7) is 8.54. The first-order valence-corrected chi connectivity index (χ1v) is 10.7. The van der Waals surface area contributed by atoms with E-state index < -0.39 is 6.10 Å². The van der Waals surface area contributed by atoms with Crippen LogP contribution >= 0.6 is 0 Å². The van der Waals surface area contributed by atoms with E-state index in [-0.39, 0.29) is 11.5 Å². The van der Waals surface area contributed by atoms with Gasteiger partial charge in [0, 0.05) is 30.6 Å². The normalized spacial score (nSPS) is 15.8. The third-order valence-corrected chi connectivity index (χ3v) is 5.72. The number of carbonyl (C=O) groups is 1. The molecule has 1 fully saturated rings. The molecule has 0 radical (unpaired) electrons. The number of ether oxygens (including phenoxy) is 2. The van der Waals surface area contributed by atoms with Crippen LogP contribution in [0.2, 0.25) is 0 Å². The summed E-state index contributed by atoms with van der Waals surface area (Å²) in [5.41, 5.74) is 0.807. The molecule has 0 aliphatic carbocycles. The van der Waals surface area contributed by atoms with Gasteiger partial charge in [-0.15, -0.1) is 0 Å². The van der Waals surface area contributed by atoms with Crippen molar-refractivity contribution in [1.29, 1.82) is 0 Å². The summed E-state index contributed by atoms with van der Waals surface area (Å²) >= 11 is 0. The molecule has 1 amide bonds. The molecule has 0 unspecified atom stereocenters. The Bertz CT molecular complexity index is 1130. The Balaban J connectivity index is 1.40. The van der Waals surface area contributed by atoms with E-state index in [0.717, 1.165) is 50.0 Å². The molecule has 31 heavy (non-hydrogen) atoms. The first-order chi connectivity index (χ1) is 15.0. The maximum Gasteiger partial charge on any atom is 0.344 e. The molecule has 4 rings (SSSR count). The number of morpholine rings is 1. The third-order valence-electron chi connectivity index (χ3n) is 5.72. The third kappa shape index (κ3) is 4.73. The minimum absolute atomic E-state index is 0.165. The molecule has 1 N–H and O–H groups in total. The van der Waals surface area contributed by atoms with E-state index in [1.165, 1.54) is 0 Å². The topological polar surface area (TPSA) is 81.0 Å². The Morgan fingerprint density at radius 3 is 2.65 bits per heavy atom. The van der Waals surface area contributed by atoms with Crippen LogP contribution in [0.15, 0.2) is 45.6 Å². The lowest BCUT2D eigenvalue weighted by Gasteiger charge is -2.26. The predicted molar refractivity (Wildman–Crippen MR) is 120 cm³/mol. The molecule has 0 saturated carbocycles. The van der Waals surface area contributed by atoms with Gasteiger partial charge in [-0.25, -0.2) is 4.79 Å². The van der Waals surface area contributed by atoms with Crippen LogP contribution in [0.5, 0.6) is 5.75 Å². The van der Waals surface area contributed by atoms with Gasteiger partial charge in [0.05, 0.1) is 18.6 Å². The van der Waals surface area contributed by atoms with Gasteiger partial charge >= 0.3 is 5.63 Å². The van der Waals surface area contributed by atoms with Gasteiger partial charge in [-0.3, -0.25) is 9.69 Å². The second kappa shape index (κ2) is 9.49. The molecule has 3 aromatic rings. The highest BCUT2D eigenvalue weighted by Gasteiger charge is 2.18. The summed E-state index contributed by atoms with van der Waals surface area (Å²) in [5, 5.41) is 5.18. The zero-order valence-electron chi connectivity index (χ0n) is 18.0. The van der Waals surface area contributed by atoms with Crippen molar-refractivity contribution < 1.29 is 18.7 Å². The summed E-state index contributed by atoms with van der Waals surface area (Å²) < 4.78 is 16.8. The molecule has 0 bridgehead atoms. The maximum absolute atomic E-state index is 12.5. The van der Waals surface area contributed by atoms with Crippen LogP contribution in [-0.4, -0.2) is 56.3 Å². The average Bonchev–Trinajstić information content (AvgIpc) is 2.79. The predicted octanol–water partition coefficient (Wildman–Crippen LogP) is 2.86. The summed E-state index contributed by atoms with van der Waals surface area (Å²) in [6.07, 6.45) is 0.220. The lowest BCUT2D eigenvalue weighted by atomic mass is 10.0. The van der Waals surface area contributed by atoms with Crippen molar-refractivity contribution in [2.75, 3.05) is 39.4 Å². The van der Waals surface area contributed by atoms with Crippen molar-refractivity contribution >= 4 is 27.6 Å². The first-order valence-electron chi connectivity index (χ1n) is 10.7. The molecule has 1 saturated heterocycles. The van der Waals surface area contributed by atoms with Crippen molar-refractivity contribution in [3.05, 3.63) is 52.4 Å². The molecule has 1 atom stereocenters. The van der Waals surface area contributed by atoms with Gasteiger partial charge in [0.1, 0.15) is 11.3 Å². The van der Waals surface area contributed by atoms with E-state index in [0.29, 0.717) is 28.8 Å². The number of aryl methyl sites for hydroxylation is 1. The maximum atomic E-state index is 12.5. The fraction of sp³-hybridized carbons (Fsp3) is 0.417. The highest BCUT2D eigenvalue weighted by molar-refractivity contribution is 6.05. The van der Waals surface area contributed by atoms with Gasteiger partial charge < -0.3 is 19.2 Å². The Hall–Kier alpha value is -2.90.